The Morgan fingerprint density at radius 2 is 2.00 bits per heavy atom. The van der Waals surface area contributed by atoms with Crippen molar-refractivity contribution in [3.8, 4) is 0 Å². The average molecular weight is 235 g/mol. The smallest absolute Gasteiger partial charge is 0.274 e. The number of hydrogen-bond donors (Lipinski definition) is 0. The fraction of sp³-hybridized carbons (Fsp3) is 0.154. The zero-order chi connectivity index (χ0) is 12.7. The van der Waals surface area contributed by atoms with E-state index in [9.17, 15) is 9.18 Å². The third-order valence-electron chi connectivity index (χ3n) is 2.09. The van der Waals surface area contributed by atoms with Crippen LogP contribution in [0.2, 0.25) is 0 Å². The molecule has 4 heteroatoms. The van der Waals surface area contributed by atoms with Gasteiger partial charge in [0.1, 0.15) is 0 Å². The van der Waals surface area contributed by atoms with Crippen molar-refractivity contribution in [2.24, 2.45) is 0 Å². The van der Waals surface area contributed by atoms with Crippen LogP contribution in [-0.4, -0.2) is 25.1 Å². The van der Waals surface area contributed by atoms with E-state index in [1.165, 1.54) is 20.2 Å². The summed E-state index contributed by atoms with van der Waals surface area (Å²) in [6.07, 6.45) is 4.29. The molecule has 1 aromatic rings. The van der Waals surface area contributed by atoms with Crippen LogP contribution in [0.5, 0.6) is 0 Å². The van der Waals surface area contributed by atoms with Gasteiger partial charge in [-0.05, 0) is 11.6 Å². The Balaban J connectivity index is 2.65. The van der Waals surface area contributed by atoms with Gasteiger partial charge in [-0.15, -0.1) is 0 Å². The van der Waals surface area contributed by atoms with Crippen LogP contribution >= 0.6 is 0 Å². The van der Waals surface area contributed by atoms with E-state index in [0.29, 0.717) is 0 Å². The summed E-state index contributed by atoms with van der Waals surface area (Å²) in [5.41, 5.74) is 0.934. The molecule has 17 heavy (non-hydrogen) atoms. The molecule has 0 aliphatic rings. The number of benzene rings is 1. The molecule has 0 spiro atoms. The number of allylic oxidation sites excluding steroid dienone is 2. The predicted octanol–water partition coefficient (Wildman–Crippen LogP) is 2.57. The molecule has 0 unspecified atom stereocenters. The average Bonchev–Trinajstić information content (AvgIpc) is 2.38. The van der Waals surface area contributed by atoms with Crippen molar-refractivity contribution in [1.82, 2.24) is 5.06 Å². The van der Waals surface area contributed by atoms with Crippen molar-refractivity contribution >= 4 is 12.0 Å². The Morgan fingerprint density at radius 3 is 2.59 bits per heavy atom. The summed E-state index contributed by atoms with van der Waals surface area (Å²) in [5.74, 6) is -1.69. The van der Waals surface area contributed by atoms with Gasteiger partial charge in [0.15, 0.2) is 5.83 Å². The van der Waals surface area contributed by atoms with Crippen LogP contribution in [0.4, 0.5) is 4.39 Å². The van der Waals surface area contributed by atoms with E-state index in [1.54, 1.807) is 6.08 Å². The third kappa shape index (κ3) is 4.20. The van der Waals surface area contributed by atoms with Crippen molar-refractivity contribution in [1.29, 1.82) is 0 Å². The first-order valence-electron chi connectivity index (χ1n) is 5.06. The molecule has 3 nitrogen and oxygen atoms in total. The van der Waals surface area contributed by atoms with Gasteiger partial charge in [0.05, 0.1) is 7.11 Å². The van der Waals surface area contributed by atoms with E-state index < -0.39 is 11.7 Å². The summed E-state index contributed by atoms with van der Waals surface area (Å²) < 4.78 is 13.3. The minimum atomic E-state index is -0.874. The molecule has 1 amide bonds. The van der Waals surface area contributed by atoms with Gasteiger partial charge >= 0.3 is 5.91 Å². The van der Waals surface area contributed by atoms with Crippen molar-refractivity contribution in [2.45, 2.75) is 0 Å². The van der Waals surface area contributed by atoms with Gasteiger partial charge in [0.25, 0.3) is 0 Å². The predicted molar refractivity (Wildman–Crippen MR) is 64.4 cm³/mol. The van der Waals surface area contributed by atoms with Gasteiger partial charge in [-0.2, -0.15) is 0 Å². The molecule has 0 saturated heterocycles. The van der Waals surface area contributed by atoms with E-state index in [-0.39, 0.29) is 0 Å². The summed E-state index contributed by atoms with van der Waals surface area (Å²) in [7, 11) is 2.64. The van der Waals surface area contributed by atoms with Crippen LogP contribution < -0.4 is 0 Å². The maximum Gasteiger partial charge on any atom is 0.305 e. The molecule has 0 atom stereocenters. The zero-order valence-corrected chi connectivity index (χ0v) is 9.76. The van der Waals surface area contributed by atoms with Crippen molar-refractivity contribution < 1.29 is 14.0 Å². The molecule has 0 radical (unpaired) electrons. The Hall–Kier alpha value is -1.94. The van der Waals surface area contributed by atoms with E-state index >= 15 is 0 Å². The highest BCUT2D eigenvalue weighted by Crippen LogP contribution is 2.05. The van der Waals surface area contributed by atoms with Crippen LogP contribution in [0.15, 0.2) is 48.3 Å². The standard InChI is InChI=1S/C13H14FNO2/c1-15(17-2)13(16)12(14)10-6-9-11-7-4-3-5-8-11/h3-10H,1-2H3/b9-6+,12-10+. The molecule has 0 N–H and O–H groups in total. The van der Waals surface area contributed by atoms with Crippen molar-refractivity contribution in [2.75, 3.05) is 14.2 Å². The minimum absolute atomic E-state index is 0.815. The molecule has 90 valence electrons. The largest absolute Gasteiger partial charge is 0.305 e. The number of likely N-dealkylation sites (N-methyl/N-ethyl adjacent to an activating group) is 1. The van der Waals surface area contributed by atoms with Crippen LogP contribution in [0.1, 0.15) is 5.56 Å². The molecule has 0 heterocycles. The fourth-order valence-electron chi connectivity index (χ4n) is 1.11. The Bertz CT molecular complexity index is 426. The number of rotatable bonds is 4. The summed E-state index contributed by atoms with van der Waals surface area (Å²) in [5, 5.41) is 0.822. The topological polar surface area (TPSA) is 29.5 Å². The van der Waals surface area contributed by atoms with E-state index in [2.05, 4.69) is 4.84 Å². The second-order valence-electron chi connectivity index (χ2n) is 3.27. The maximum absolute atomic E-state index is 13.3. The summed E-state index contributed by atoms with van der Waals surface area (Å²) in [6, 6.07) is 9.41. The summed E-state index contributed by atoms with van der Waals surface area (Å²) in [4.78, 5) is 15.8. The van der Waals surface area contributed by atoms with Crippen molar-refractivity contribution in [3.63, 3.8) is 0 Å². The molecular weight excluding hydrogens is 221 g/mol. The lowest BCUT2D eigenvalue weighted by molar-refractivity contribution is -0.165. The SMILES string of the molecule is CON(C)C(=O)/C(F)=C\C=C\c1ccccc1. The molecule has 0 bridgehead atoms. The second kappa shape index (κ2) is 6.60. The van der Waals surface area contributed by atoms with Crippen LogP contribution in [0.25, 0.3) is 6.08 Å². The van der Waals surface area contributed by atoms with Gasteiger partial charge in [-0.25, -0.2) is 9.45 Å². The van der Waals surface area contributed by atoms with Gasteiger partial charge in [0.2, 0.25) is 0 Å². The number of amides is 1. The van der Waals surface area contributed by atoms with Crippen LogP contribution in [0, 0.1) is 0 Å². The summed E-state index contributed by atoms with van der Waals surface area (Å²) in [6.45, 7) is 0. The molecule has 0 aliphatic carbocycles. The Kier molecular flexibility index (Phi) is 5.10. The molecule has 0 saturated carbocycles. The molecule has 0 aromatic heterocycles. The molecular formula is C13H14FNO2. The molecule has 1 aromatic carbocycles. The van der Waals surface area contributed by atoms with Crippen LogP contribution in [0.3, 0.4) is 0 Å². The normalized spacial score (nSPS) is 11.8. The van der Waals surface area contributed by atoms with E-state index in [4.69, 9.17) is 0 Å². The molecule has 1 rings (SSSR count). The molecule has 0 aliphatic heterocycles. The Morgan fingerprint density at radius 1 is 1.35 bits per heavy atom. The first kappa shape index (κ1) is 13.1. The first-order chi connectivity index (χ1) is 8.15. The van der Waals surface area contributed by atoms with Gasteiger partial charge in [0, 0.05) is 7.05 Å². The highest BCUT2D eigenvalue weighted by molar-refractivity contribution is 5.90. The highest BCUT2D eigenvalue weighted by Gasteiger charge is 2.12. The monoisotopic (exact) mass is 235 g/mol. The fourth-order valence-corrected chi connectivity index (χ4v) is 1.11. The number of halogens is 1. The maximum atomic E-state index is 13.3. The van der Waals surface area contributed by atoms with Crippen molar-refractivity contribution in [3.05, 3.63) is 53.9 Å². The minimum Gasteiger partial charge on any atom is -0.274 e. The lowest BCUT2D eigenvalue weighted by atomic mass is 10.2. The van der Waals surface area contributed by atoms with Gasteiger partial charge in [-0.1, -0.05) is 42.5 Å². The van der Waals surface area contributed by atoms with E-state index in [1.807, 2.05) is 30.3 Å². The lowest BCUT2D eigenvalue weighted by Gasteiger charge is -2.11. The highest BCUT2D eigenvalue weighted by atomic mass is 19.1. The van der Waals surface area contributed by atoms with Gasteiger partial charge in [-0.3, -0.25) is 9.63 Å². The Labute approximate surface area is 99.8 Å². The zero-order valence-electron chi connectivity index (χ0n) is 9.76. The van der Waals surface area contributed by atoms with Crippen LogP contribution in [-0.2, 0) is 9.63 Å². The number of nitrogens with zero attached hydrogens (tertiary/aromatic N) is 1. The first-order valence-corrected chi connectivity index (χ1v) is 5.06. The second-order valence-corrected chi connectivity index (χ2v) is 3.27. The number of carbonyl (C=O) groups excluding carboxylic acids is 1. The number of carbonyl (C=O) groups is 1. The number of hydrogen-bond acceptors (Lipinski definition) is 2. The van der Waals surface area contributed by atoms with E-state index in [0.717, 1.165) is 16.7 Å². The summed E-state index contributed by atoms with van der Waals surface area (Å²) >= 11 is 0. The third-order valence-corrected chi connectivity index (χ3v) is 2.09. The lowest BCUT2D eigenvalue weighted by Crippen LogP contribution is -2.25. The number of hydroxylamine groups is 2. The molecule has 0 fully saturated rings. The quantitative estimate of drug-likeness (QED) is 0.456. The van der Waals surface area contributed by atoms with Gasteiger partial charge < -0.3 is 0 Å².